The van der Waals surface area contributed by atoms with Gasteiger partial charge in [-0.05, 0) is 6.42 Å². The predicted octanol–water partition coefficient (Wildman–Crippen LogP) is 4.67. The average molecular weight is 439 g/mol. The summed E-state index contributed by atoms with van der Waals surface area (Å²) in [5, 5.41) is 8.67. The molecule has 0 aliphatic heterocycles. The fraction of sp³-hybridized carbons (Fsp3) is 0.900. The lowest BCUT2D eigenvalue weighted by Gasteiger charge is -2.12. The molecular formula is C20H38O8S. The zero-order valence-corrected chi connectivity index (χ0v) is 18.5. The van der Waals surface area contributed by atoms with Crippen molar-refractivity contribution in [2.75, 3.05) is 6.61 Å². The molecule has 0 aromatic heterocycles. The Bertz CT molecular complexity index is 533. The van der Waals surface area contributed by atoms with E-state index in [1.165, 1.54) is 64.2 Å². The molecule has 0 amide bonds. The third-order valence-electron chi connectivity index (χ3n) is 4.60. The highest BCUT2D eigenvalue weighted by Crippen LogP contribution is 2.13. The van der Waals surface area contributed by atoms with Crippen molar-refractivity contribution in [1.29, 1.82) is 0 Å². The number of carboxylic acids is 1. The average Bonchev–Trinajstić information content (AvgIpc) is 2.62. The Labute approximate surface area is 175 Å². The number of ether oxygens (including phenoxy) is 1. The topological polar surface area (TPSA) is 127 Å². The SMILES string of the molecule is CCCCCCCCCCCCCCCCOC(=O)C(CC(=O)O)OS(=O)(=O)O. The number of unbranched alkanes of at least 4 members (excludes halogenated alkanes) is 13. The summed E-state index contributed by atoms with van der Waals surface area (Å²) in [4.78, 5) is 22.4. The highest BCUT2D eigenvalue weighted by Gasteiger charge is 2.29. The third-order valence-corrected chi connectivity index (χ3v) is 5.08. The van der Waals surface area contributed by atoms with Crippen molar-refractivity contribution in [2.45, 2.75) is 109 Å². The predicted molar refractivity (Wildman–Crippen MR) is 110 cm³/mol. The molecule has 2 N–H and O–H groups in total. The van der Waals surface area contributed by atoms with Gasteiger partial charge < -0.3 is 9.84 Å². The molecule has 8 nitrogen and oxygen atoms in total. The van der Waals surface area contributed by atoms with Crippen molar-refractivity contribution in [1.82, 2.24) is 0 Å². The maximum absolute atomic E-state index is 11.7. The number of carboxylic acid groups (broad SMARTS) is 1. The smallest absolute Gasteiger partial charge is 0.398 e. The third kappa shape index (κ3) is 19.9. The summed E-state index contributed by atoms with van der Waals surface area (Å²) in [6.45, 7) is 2.29. The number of rotatable bonds is 20. The molecule has 0 spiro atoms. The Hall–Kier alpha value is -1.19. The minimum Gasteiger partial charge on any atom is -0.481 e. The van der Waals surface area contributed by atoms with Gasteiger partial charge >= 0.3 is 22.3 Å². The first-order valence-electron chi connectivity index (χ1n) is 10.8. The van der Waals surface area contributed by atoms with E-state index in [9.17, 15) is 18.0 Å². The Balaban J connectivity index is 3.61. The summed E-state index contributed by atoms with van der Waals surface area (Å²) >= 11 is 0. The van der Waals surface area contributed by atoms with Crippen LogP contribution in [0.25, 0.3) is 0 Å². The van der Waals surface area contributed by atoms with Gasteiger partial charge in [-0.2, -0.15) is 8.42 Å². The van der Waals surface area contributed by atoms with Gasteiger partial charge in [0.15, 0.2) is 6.10 Å². The molecular weight excluding hydrogens is 400 g/mol. The Kier molecular flexibility index (Phi) is 16.9. The fourth-order valence-corrected chi connectivity index (χ4v) is 3.46. The lowest BCUT2D eigenvalue weighted by atomic mass is 10.0. The van der Waals surface area contributed by atoms with Gasteiger partial charge in [-0.15, -0.1) is 0 Å². The van der Waals surface area contributed by atoms with Crippen LogP contribution in [-0.2, 0) is 28.9 Å². The summed E-state index contributed by atoms with van der Waals surface area (Å²) in [6.07, 6.45) is 13.9. The largest absolute Gasteiger partial charge is 0.481 e. The maximum atomic E-state index is 11.7. The molecule has 0 heterocycles. The monoisotopic (exact) mass is 438 g/mol. The second-order valence-electron chi connectivity index (χ2n) is 7.37. The van der Waals surface area contributed by atoms with E-state index in [-0.39, 0.29) is 6.61 Å². The van der Waals surface area contributed by atoms with E-state index >= 15 is 0 Å². The number of hydrogen-bond donors (Lipinski definition) is 2. The molecule has 9 heteroatoms. The standard InChI is InChI=1S/C20H38O8S/c1-2-3-4-5-6-7-8-9-10-11-12-13-14-15-16-27-20(23)18(17-19(21)22)28-29(24,25)26/h18H,2-17H2,1H3,(H,21,22)(H,24,25,26). The van der Waals surface area contributed by atoms with E-state index in [0.717, 1.165) is 19.3 Å². The van der Waals surface area contributed by atoms with Gasteiger partial charge in [0.2, 0.25) is 0 Å². The van der Waals surface area contributed by atoms with Crippen LogP contribution < -0.4 is 0 Å². The normalized spacial score (nSPS) is 12.6. The molecule has 0 radical (unpaired) electrons. The summed E-state index contributed by atoms with van der Waals surface area (Å²) in [7, 11) is -4.94. The van der Waals surface area contributed by atoms with Crippen molar-refractivity contribution in [2.24, 2.45) is 0 Å². The number of esters is 1. The molecule has 0 fully saturated rings. The molecule has 0 aromatic carbocycles. The van der Waals surface area contributed by atoms with Crippen molar-refractivity contribution < 1.29 is 36.6 Å². The van der Waals surface area contributed by atoms with Crippen molar-refractivity contribution in [3.63, 3.8) is 0 Å². The first kappa shape index (κ1) is 27.8. The van der Waals surface area contributed by atoms with Gasteiger partial charge in [0.1, 0.15) is 0 Å². The second-order valence-corrected chi connectivity index (χ2v) is 8.42. The minimum atomic E-state index is -4.94. The zero-order valence-electron chi connectivity index (χ0n) is 17.6. The summed E-state index contributed by atoms with van der Waals surface area (Å²) < 4.78 is 38.9. The van der Waals surface area contributed by atoms with Crippen molar-refractivity contribution in [3.8, 4) is 0 Å². The van der Waals surface area contributed by atoms with Crippen LogP contribution in [0.5, 0.6) is 0 Å². The Morgan fingerprint density at radius 3 is 1.59 bits per heavy atom. The molecule has 1 atom stereocenters. The molecule has 29 heavy (non-hydrogen) atoms. The van der Waals surface area contributed by atoms with E-state index < -0.39 is 34.9 Å². The van der Waals surface area contributed by atoms with Gasteiger partial charge in [0, 0.05) is 0 Å². The highest BCUT2D eigenvalue weighted by atomic mass is 32.3. The fourth-order valence-electron chi connectivity index (χ4n) is 3.02. The molecule has 0 aliphatic rings. The van der Waals surface area contributed by atoms with Gasteiger partial charge in [0.25, 0.3) is 0 Å². The van der Waals surface area contributed by atoms with Crippen LogP contribution in [0.15, 0.2) is 0 Å². The summed E-state index contributed by atoms with van der Waals surface area (Å²) in [6, 6.07) is 0. The van der Waals surface area contributed by atoms with Gasteiger partial charge in [0.05, 0.1) is 13.0 Å². The lowest BCUT2D eigenvalue weighted by Crippen LogP contribution is -2.31. The number of hydrogen-bond acceptors (Lipinski definition) is 6. The molecule has 1 unspecified atom stereocenters. The molecule has 0 saturated carbocycles. The van der Waals surface area contributed by atoms with E-state index in [1.54, 1.807) is 0 Å². The van der Waals surface area contributed by atoms with Crippen LogP contribution in [0.1, 0.15) is 103 Å². The minimum absolute atomic E-state index is 0.0574. The molecule has 172 valence electrons. The maximum Gasteiger partial charge on any atom is 0.398 e. The van der Waals surface area contributed by atoms with Crippen LogP contribution in [0.3, 0.4) is 0 Å². The summed E-state index contributed by atoms with van der Waals surface area (Å²) in [5.74, 6) is -2.55. The van der Waals surface area contributed by atoms with Crippen molar-refractivity contribution >= 4 is 22.3 Å². The van der Waals surface area contributed by atoms with E-state index in [0.29, 0.717) is 6.42 Å². The number of carbonyl (C=O) groups excluding carboxylic acids is 1. The zero-order chi connectivity index (χ0) is 22.0. The molecule has 0 aliphatic carbocycles. The van der Waals surface area contributed by atoms with Gasteiger partial charge in [-0.25, -0.2) is 8.98 Å². The van der Waals surface area contributed by atoms with Crippen LogP contribution in [0.2, 0.25) is 0 Å². The van der Waals surface area contributed by atoms with Crippen LogP contribution >= 0.6 is 0 Å². The second kappa shape index (κ2) is 17.7. The molecule has 0 rings (SSSR count). The van der Waals surface area contributed by atoms with Gasteiger partial charge in [-0.3, -0.25) is 9.35 Å². The lowest BCUT2D eigenvalue weighted by molar-refractivity contribution is -0.156. The van der Waals surface area contributed by atoms with E-state index in [4.69, 9.17) is 14.4 Å². The Morgan fingerprint density at radius 2 is 1.21 bits per heavy atom. The van der Waals surface area contributed by atoms with Crippen molar-refractivity contribution in [3.05, 3.63) is 0 Å². The number of aliphatic carboxylic acids is 1. The summed E-state index contributed by atoms with van der Waals surface area (Å²) in [5.41, 5.74) is 0. The van der Waals surface area contributed by atoms with Gasteiger partial charge in [-0.1, -0.05) is 90.4 Å². The molecule has 0 saturated heterocycles. The van der Waals surface area contributed by atoms with Crippen LogP contribution in [0, 0.1) is 0 Å². The quantitative estimate of drug-likeness (QED) is 0.159. The Morgan fingerprint density at radius 1 is 0.793 bits per heavy atom. The van der Waals surface area contributed by atoms with Crippen LogP contribution in [0.4, 0.5) is 0 Å². The molecule has 0 aromatic rings. The first-order chi connectivity index (χ1) is 13.8. The highest BCUT2D eigenvalue weighted by molar-refractivity contribution is 7.80. The number of carbonyl (C=O) groups is 2. The first-order valence-corrected chi connectivity index (χ1v) is 12.2. The molecule has 0 bridgehead atoms. The van der Waals surface area contributed by atoms with E-state index in [2.05, 4.69) is 11.1 Å². The van der Waals surface area contributed by atoms with E-state index in [1.807, 2.05) is 0 Å². The van der Waals surface area contributed by atoms with Crippen LogP contribution in [-0.4, -0.2) is 42.7 Å².